The van der Waals surface area contributed by atoms with E-state index in [1.165, 1.54) is 18.5 Å². The van der Waals surface area contributed by atoms with E-state index in [-0.39, 0.29) is 0 Å². The highest BCUT2D eigenvalue weighted by Crippen LogP contribution is 2.27. The Morgan fingerprint density at radius 2 is 2.23 bits per heavy atom. The maximum Gasteiger partial charge on any atom is 0.157 e. The van der Waals surface area contributed by atoms with Gasteiger partial charge in [-0.15, -0.1) is 0 Å². The molecule has 72 valence electrons. The van der Waals surface area contributed by atoms with Gasteiger partial charge in [0, 0.05) is 30.8 Å². The average molecular weight is 179 g/mol. The van der Waals surface area contributed by atoms with Gasteiger partial charge in [0.15, 0.2) is 5.78 Å². The number of hydrogen-bond donors (Lipinski definition) is 0. The number of nitrogens with zero attached hydrogens (tertiary/aromatic N) is 1. The minimum atomic E-state index is 0.320. The highest BCUT2D eigenvalue weighted by atomic mass is 16.1. The van der Waals surface area contributed by atoms with Crippen LogP contribution in [0.2, 0.25) is 0 Å². The van der Waals surface area contributed by atoms with E-state index in [0.29, 0.717) is 11.8 Å². The predicted molar refractivity (Wildman–Crippen MR) is 52.3 cm³/mol. The Hall–Kier alpha value is -0.790. The van der Waals surface area contributed by atoms with E-state index in [1.54, 1.807) is 0 Å². The zero-order valence-electron chi connectivity index (χ0n) is 8.25. The molecule has 1 unspecified atom stereocenters. The van der Waals surface area contributed by atoms with Crippen LogP contribution in [0.1, 0.15) is 39.0 Å². The molecule has 0 saturated carbocycles. The Balaban J connectivity index is 2.10. The van der Waals surface area contributed by atoms with Crippen LogP contribution >= 0.6 is 0 Å². The predicted octanol–water partition coefficient (Wildman–Crippen LogP) is 2.11. The Morgan fingerprint density at radius 3 is 2.85 bits per heavy atom. The van der Waals surface area contributed by atoms with E-state index >= 15 is 0 Å². The van der Waals surface area contributed by atoms with Gasteiger partial charge in [-0.3, -0.25) is 4.79 Å². The summed E-state index contributed by atoms with van der Waals surface area (Å²) in [5.41, 5.74) is 1.29. The van der Waals surface area contributed by atoms with Crippen LogP contribution in [0.15, 0.2) is 11.8 Å². The van der Waals surface area contributed by atoms with E-state index < -0.39 is 0 Å². The lowest BCUT2D eigenvalue weighted by molar-refractivity contribution is -0.115. The van der Waals surface area contributed by atoms with Gasteiger partial charge in [-0.25, -0.2) is 0 Å². The third-order valence-corrected chi connectivity index (χ3v) is 3.11. The van der Waals surface area contributed by atoms with Crippen LogP contribution in [-0.4, -0.2) is 23.3 Å². The monoisotopic (exact) mass is 179 g/mol. The second-order valence-electron chi connectivity index (χ2n) is 4.14. The van der Waals surface area contributed by atoms with Crippen molar-refractivity contribution in [3.05, 3.63) is 11.8 Å². The van der Waals surface area contributed by atoms with Gasteiger partial charge < -0.3 is 4.90 Å². The van der Waals surface area contributed by atoms with Gasteiger partial charge in [0.25, 0.3) is 0 Å². The molecule has 2 nitrogen and oxygen atoms in total. The fourth-order valence-electron chi connectivity index (χ4n) is 2.36. The van der Waals surface area contributed by atoms with Crippen molar-refractivity contribution in [1.82, 2.24) is 4.90 Å². The number of carbonyl (C=O) groups is 1. The smallest absolute Gasteiger partial charge is 0.157 e. The first-order valence-electron chi connectivity index (χ1n) is 5.27. The first kappa shape index (κ1) is 8.79. The molecule has 2 rings (SSSR count). The Kier molecular flexibility index (Phi) is 2.38. The molecule has 1 heterocycles. The zero-order chi connectivity index (χ0) is 9.26. The van der Waals surface area contributed by atoms with Crippen molar-refractivity contribution < 1.29 is 4.79 Å². The van der Waals surface area contributed by atoms with Crippen LogP contribution in [0.3, 0.4) is 0 Å². The Bertz CT molecular complexity index is 244. The lowest BCUT2D eigenvalue weighted by Gasteiger charge is -2.28. The fourth-order valence-corrected chi connectivity index (χ4v) is 2.36. The summed E-state index contributed by atoms with van der Waals surface area (Å²) in [6, 6.07) is 0.650. The summed E-state index contributed by atoms with van der Waals surface area (Å²) in [6.07, 6.45) is 7.35. The van der Waals surface area contributed by atoms with E-state index in [2.05, 4.69) is 11.8 Å². The highest BCUT2D eigenvalue weighted by Gasteiger charge is 2.24. The molecule has 0 aromatic carbocycles. The molecule has 1 aliphatic heterocycles. The first-order valence-corrected chi connectivity index (χ1v) is 5.27. The minimum absolute atomic E-state index is 0.320. The molecule has 1 fully saturated rings. The molecule has 0 bridgehead atoms. The van der Waals surface area contributed by atoms with Crippen molar-refractivity contribution >= 4 is 5.78 Å². The average Bonchev–Trinajstić information content (AvgIpc) is 2.51. The summed E-state index contributed by atoms with van der Waals surface area (Å²) < 4.78 is 0. The lowest BCUT2D eigenvalue weighted by Crippen LogP contribution is -2.28. The summed E-state index contributed by atoms with van der Waals surface area (Å²) in [7, 11) is 0. The summed E-state index contributed by atoms with van der Waals surface area (Å²) in [4.78, 5) is 13.6. The highest BCUT2D eigenvalue weighted by molar-refractivity contribution is 5.91. The quantitative estimate of drug-likeness (QED) is 0.614. The molecular weight excluding hydrogens is 162 g/mol. The number of rotatable bonds is 1. The maximum atomic E-state index is 11.2. The fraction of sp³-hybridized carbons (Fsp3) is 0.727. The van der Waals surface area contributed by atoms with Crippen LogP contribution in [0.5, 0.6) is 0 Å². The molecule has 1 aliphatic carbocycles. The molecular formula is C11H17NO. The van der Waals surface area contributed by atoms with Gasteiger partial charge >= 0.3 is 0 Å². The summed E-state index contributed by atoms with van der Waals surface area (Å²) in [5, 5.41) is 0. The molecule has 2 heteroatoms. The van der Waals surface area contributed by atoms with Crippen LogP contribution < -0.4 is 0 Å². The molecule has 2 aliphatic rings. The van der Waals surface area contributed by atoms with Crippen LogP contribution in [0.4, 0.5) is 0 Å². The molecule has 1 saturated heterocycles. The lowest BCUT2D eigenvalue weighted by atomic mass is 10.0. The molecule has 0 aromatic heterocycles. The number of carbonyl (C=O) groups excluding carboxylic acids is 1. The zero-order valence-corrected chi connectivity index (χ0v) is 8.25. The van der Waals surface area contributed by atoms with E-state index in [0.717, 1.165) is 25.8 Å². The van der Waals surface area contributed by atoms with Gasteiger partial charge in [-0.1, -0.05) is 0 Å². The van der Waals surface area contributed by atoms with Crippen molar-refractivity contribution in [1.29, 1.82) is 0 Å². The Morgan fingerprint density at radius 1 is 1.38 bits per heavy atom. The molecule has 0 radical (unpaired) electrons. The van der Waals surface area contributed by atoms with Gasteiger partial charge in [0.2, 0.25) is 0 Å². The van der Waals surface area contributed by atoms with E-state index in [9.17, 15) is 4.79 Å². The number of allylic oxidation sites excluding steroid dienone is 2. The molecule has 0 amide bonds. The number of likely N-dealkylation sites (tertiary alicyclic amines) is 1. The standard InChI is InChI=1S/C11H17NO/c1-9-4-3-7-12(9)10-5-2-6-11(13)8-10/h8-9H,2-7H2,1H3. The van der Waals surface area contributed by atoms with Crippen molar-refractivity contribution in [3.8, 4) is 0 Å². The number of hydrogen-bond acceptors (Lipinski definition) is 2. The summed E-state index contributed by atoms with van der Waals surface area (Å²) in [5.74, 6) is 0.320. The van der Waals surface area contributed by atoms with E-state index in [4.69, 9.17) is 0 Å². The Labute approximate surface area is 79.6 Å². The molecule has 0 aromatic rings. The molecule has 1 atom stereocenters. The second kappa shape index (κ2) is 3.52. The number of ketones is 1. The topological polar surface area (TPSA) is 20.3 Å². The van der Waals surface area contributed by atoms with E-state index in [1.807, 2.05) is 6.08 Å². The van der Waals surface area contributed by atoms with Gasteiger partial charge in [0.1, 0.15) is 0 Å². The second-order valence-corrected chi connectivity index (χ2v) is 4.14. The largest absolute Gasteiger partial charge is 0.372 e. The third kappa shape index (κ3) is 1.77. The van der Waals surface area contributed by atoms with Crippen LogP contribution in [-0.2, 0) is 4.79 Å². The van der Waals surface area contributed by atoms with Crippen molar-refractivity contribution in [2.24, 2.45) is 0 Å². The minimum Gasteiger partial charge on any atom is -0.372 e. The van der Waals surface area contributed by atoms with Gasteiger partial charge in [-0.05, 0) is 32.6 Å². The van der Waals surface area contributed by atoms with Crippen LogP contribution in [0.25, 0.3) is 0 Å². The third-order valence-electron chi connectivity index (χ3n) is 3.11. The van der Waals surface area contributed by atoms with Crippen molar-refractivity contribution in [2.45, 2.75) is 45.1 Å². The van der Waals surface area contributed by atoms with Gasteiger partial charge in [0.05, 0.1) is 0 Å². The molecule has 0 N–H and O–H groups in total. The normalized spacial score (nSPS) is 29.3. The van der Waals surface area contributed by atoms with Crippen molar-refractivity contribution in [2.75, 3.05) is 6.54 Å². The summed E-state index contributed by atoms with van der Waals surface area (Å²) >= 11 is 0. The van der Waals surface area contributed by atoms with Gasteiger partial charge in [-0.2, -0.15) is 0 Å². The van der Waals surface area contributed by atoms with Crippen molar-refractivity contribution in [3.63, 3.8) is 0 Å². The molecule has 0 spiro atoms. The first-order chi connectivity index (χ1) is 6.27. The summed E-state index contributed by atoms with van der Waals surface area (Å²) in [6.45, 7) is 3.41. The van der Waals surface area contributed by atoms with Crippen LogP contribution in [0, 0.1) is 0 Å². The SMILES string of the molecule is CC1CCCN1C1=CC(=O)CCC1. The molecule has 13 heavy (non-hydrogen) atoms. The maximum absolute atomic E-state index is 11.2.